The van der Waals surface area contributed by atoms with Crippen LogP contribution in [-0.4, -0.2) is 4.98 Å². The number of fused-ring (bicyclic) bond motifs is 2. The third-order valence-electron chi connectivity index (χ3n) is 2.85. The van der Waals surface area contributed by atoms with Crippen LogP contribution in [0.5, 0.6) is 0 Å². The van der Waals surface area contributed by atoms with Crippen molar-refractivity contribution in [2.75, 3.05) is 11.5 Å². The lowest BCUT2D eigenvalue weighted by molar-refractivity contribution is 1.48. The smallest absolute Gasteiger partial charge is 0.197 e. The second-order valence-corrected chi connectivity index (χ2v) is 4.06. The van der Waals surface area contributed by atoms with E-state index in [1.807, 2.05) is 0 Å². The van der Waals surface area contributed by atoms with E-state index in [1.165, 1.54) is 0 Å². The van der Waals surface area contributed by atoms with Gasteiger partial charge in [-0.2, -0.15) is 0 Å². The van der Waals surface area contributed by atoms with Gasteiger partial charge in [-0.3, -0.25) is 4.79 Å². The molecule has 92 valence electrons. The Morgan fingerprint density at radius 2 is 1.28 bits per heavy atom. The molecule has 3 rings (SSSR count). The van der Waals surface area contributed by atoms with Gasteiger partial charge in [0.15, 0.2) is 5.43 Å². The molecule has 0 aliphatic heterocycles. The lowest BCUT2D eigenvalue weighted by Gasteiger charge is -2.04. The normalized spacial score (nSPS) is 10.4. The van der Waals surface area contributed by atoms with Gasteiger partial charge in [-0.1, -0.05) is 0 Å². The first kappa shape index (κ1) is 12.3. The van der Waals surface area contributed by atoms with E-state index in [4.69, 9.17) is 11.5 Å². The fourth-order valence-corrected chi connectivity index (χ4v) is 2.02. The molecule has 0 fully saturated rings. The number of rotatable bonds is 0. The highest BCUT2D eigenvalue weighted by atomic mass is 35.5. The molecular formula is C13H12ClN3O. The zero-order valence-corrected chi connectivity index (χ0v) is 10.3. The first-order valence-corrected chi connectivity index (χ1v) is 5.26. The number of aromatic nitrogens is 1. The molecule has 0 aliphatic carbocycles. The predicted molar refractivity (Wildman–Crippen MR) is 78.1 cm³/mol. The van der Waals surface area contributed by atoms with Crippen molar-refractivity contribution in [1.29, 1.82) is 0 Å². The van der Waals surface area contributed by atoms with Crippen LogP contribution in [-0.2, 0) is 0 Å². The molecule has 0 atom stereocenters. The Balaban J connectivity index is 0.00000120. The highest BCUT2D eigenvalue weighted by molar-refractivity contribution is 5.94. The summed E-state index contributed by atoms with van der Waals surface area (Å²) in [5, 5.41) is 1.27. The van der Waals surface area contributed by atoms with Gasteiger partial charge in [-0.05, 0) is 36.4 Å². The van der Waals surface area contributed by atoms with Crippen molar-refractivity contribution in [2.24, 2.45) is 0 Å². The van der Waals surface area contributed by atoms with Gasteiger partial charge in [0.1, 0.15) is 0 Å². The van der Waals surface area contributed by atoms with Crippen LogP contribution < -0.4 is 16.9 Å². The van der Waals surface area contributed by atoms with E-state index in [2.05, 4.69) is 4.98 Å². The van der Waals surface area contributed by atoms with Crippen LogP contribution in [0.25, 0.3) is 21.8 Å². The van der Waals surface area contributed by atoms with Gasteiger partial charge in [-0.25, -0.2) is 0 Å². The van der Waals surface area contributed by atoms with Crippen LogP contribution in [0.3, 0.4) is 0 Å². The Morgan fingerprint density at radius 3 is 1.72 bits per heavy atom. The molecule has 2 aromatic carbocycles. The SMILES string of the molecule is Cl.Nc1ccc2c(=O)c3ccc(N)cc3[nH]c2c1. The molecule has 5 N–H and O–H groups in total. The molecule has 0 saturated carbocycles. The Hall–Kier alpha value is -2.20. The van der Waals surface area contributed by atoms with Crippen molar-refractivity contribution in [3.63, 3.8) is 0 Å². The summed E-state index contributed by atoms with van der Waals surface area (Å²) >= 11 is 0. The summed E-state index contributed by atoms with van der Waals surface area (Å²) in [6.45, 7) is 0. The summed E-state index contributed by atoms with van der Waals surface area (Å²) in [6.07, 6.45) is 0. The number of hydrogen-bond donors (Lipinski definition) is 3. The van der Waals surface area contributed by atoms with Crippen molar-refractivity contribution in [3.8, 4) is 0 Å². The standard InChI is InChI=1S/C13H11N3O.ClH/c14-7-1-3-9-11(5-7)16-12-6-8(15)2-4-10(12)13(9)17;/h1-6H,14-15H2,(H,16,17);1H. The number of halogens is 1. The number of anilines is 2. The highest BCUT2D eigenvalue weighted by Crippen LogP contribution is 2.18. The molecule has 1 heterocycles. The van der Waals surface area contributed by atoms with E-state index < -0.39 is 0 Å². The first-order valence-electron chi connectivity index (χ1n) is 5.26. The molecule has 0 aliphatic rings. The quantitative estimate of drug-likeness (QED) is 0.429. The second kappa shape index (κ2) is 4.23. The average Bonchev–Trinajstić information content (AvgIpc) is 2.28. The van der Waals surface area contributed by atoms with Crippen LogP contribution in [0.4, 0.5) is 11.4 Å². The van der Waals surface area contributed by atoms with Gasteiger partial charge in [-0.15, -0.1) is 12.4 Å². The van der Waals surface area contributed by atoms with Gasteiger partial charge in [0.05, 0.1) is 11.0 Å². The monoisotopic (exact) mass is 261 g/mol. The molecule has 0 spiro atoms. The zero-order chi connectivity index (χ0) is 12.0. The number of aromatic amines is 1. The maximum Gasteiger partial charge on any atom is 0.197 e. The topological polar surface area (TPSA) is 84.9 Å². The number of nitrogens with two attached hydrogens (primary N) is 2. The Morgan fingerprint density at radius 1 is 0.833 bits per heavy atom. The van der Waals surface area contributed by atoms with Gasteiger partial charge in [0, 0.05) is 22.1 Å². The predicted octanol–water partition coefficient (Wildman–Crippen LogP) is 2.27. The zero-order valence-electron chi connectivity index (χ0n) is 9.44. The summed E-state index contributed by atoms with van der Waals surface area (Å²) < 4.78 is 0. The number of H-pyrrole nitrogens is 1. The van der Waals surface area contributed by atoms with Crippen LogP contribution in [0, 0.1) is 0 Å². The molecular weight excluding hydrogens is 250 g/mol. The molecule has 1 aromatic heterocycles. The van der Waals surface area contributed by atoms with E-state index in [-0.39, 0.29) is 17.8 Å². The van der Waals surface area contributed by atoms with Gasteiger partial charge >= 0.3 is 0 Å². The third kappa shape index (κ3) is 1.76. The summed E-state index contributed by atoms with van der Waals surface area (Å²) in [7, 11) is 0. The molecule has 0 amide bonds. The number of benzene rings is 2. The fraction of sp³-hybridized carbons (Fsp3) is 0. The van der Waals surface area contributed by atoms with E-state index >= 15 is 0 Å². The molecule has 0 bridgehead atoms. The van der Waals surface area contributed by atoms with Crippen molar-refractivity contribution >= 4 is 45.6 Å². The lowest BCUT2D eigenvalue weighted by atomic mass is 10.1. The molecule has 4 nitrogen and oxygen atoms in total. The Labute approximate surface area is 109 Å². The van der Waals surface area contributed by atoms with E-state index in [9.17, 15) is 4.79 Å². The molecule has 0 radical (unpaired) electrons. The van der Waals surface area contributed by atoms with E-state index in [1.54, 1.807) is 36.4 Å². The number of nitrogens with one attached hydrogen (secondary N) is 1. The first-order chi connectivity index (χ1) is 8.15. The summed E-state index contributed by atoms with van der Waals surface area (Å²) in [6, 6.07) is 10.4. The molecule has 5 heteroatoms. The van der Waals surface area contributed by atoms with Crippen LogP contribution in [0.1, 0.15) is 0 Å². The Kier molecular flexibility index (Phi) is 2.88. The third-order valence-corrected chi connectivity index (χ3v) is 2.85. The summed E-state index contributed by atoms with van der Waals surface area (Å²) in [5.74, 6) is 0. The molecule has 3 aromatic rings. The Bertz CT molecular complexity index is 732. The maximum absolute atomic E-state index is 12.2. The van der Waals surface area contributed by atoms with E-state index in [0.29, 0.717) is 22.1 Å². The minimum absolute atomic E-state index is 0. The van der Waals surface area contributed by atoms with Crippen molar-refractivity contribution in [3.05, 3.63) is 46.6 Å². The van der Waals surface area contributed by atoms with Crippen LogP contribution in [0.15, 0.2) is 41.2 Å². The van der Waals surface area contributed by atoms with Crippen LogP contribution >= 0.6 is 12.4 Å². The fourth-order valence-electron chi connectivity index (χ4n) is 2.02. The largest absolute Gasteiger partial charge is 0.399 e. The minimum atomic E-state index is -0.00579. The van der Waals surface area contributed by atoms with E-state index in [0.717, 1.165) is 11.0 Å². The molecule has 18 heavy (non-hydrogen) atoms. The van der Waals surface area contributed by atoms with Gasteiger partial charge in [0.2, 0.25) is 0 Å². The second-order valence-electron chi connectivity index (χ2n) is 4.06. The van der Waals surface area contributed by atoms with Crippen molar-refractivity contribution in [2.45, 2.75) is 0 Å². The van der Waals surface area contributed by atoms with Gasteiger partial charge in [0.25, 0.3) is 0 Å². The van der Waals surface area contributed by atoms with Gasteiger partial charge < -0.3 is 16.5 Å². The highest BCUT2D eigenvalue weighted by Gasteiger charge is 2.05. The number of pyridine rings is 1. The maximum atomic E-state index is 12.2. The molecule has 0 unspecified atom stereocenters. The summed E-state index contributed by atoms with van der Waals surface area (Å²) in [5.41, 5.74) is 14.1. The minimum Gasteiger partial charge on any atom is -0.399 e. The average molecular weight is 262 g/mol. The number of hydrogen-bond acceptors (Lipinski definition) is 3. The molecule has 0 saturated heterocycles. The van der Waals surface area contributed by atoms with Crippen molar-refractivity contribution in [1.82, 2.24) is 4.98 Å². The van der Waals surface area contributed by atoms with Crippen LogP contribution in [0.2, 0.25) is 0 Å². The van der Waals surface area contributed by atoms with Crippen molar-refractivity contribution < 1.29 is 0 Å². The summed E-state index contributed by atoms with van der Waals surface area (Å²) in [4.78, 5) is 15.4. The number of nitrogen functional groups attached to an aromatic ring is 2. The lowest BCUT2D eigenvalue weighted by Crippen LogP contribution is -2.04.